The summed E-state index contributed by atoms with van der Waals surface area (Å²) in [4.78, 5) is 34.3. The molecule has 9 nitrogen and oxygen atoms in total. The van der Waals surface area contributed by atoms with E-state index in [1.165, 1.54) is 4.90 Å². The van der Waals surface area contributed by atoms with Gasteiger partial charge in [-0.3, -0.25) is 4.79 Å². The third-order valence-electron chi connectivity index (χ3n) is 6.55. The molecule has 0 aliphatic carbocycles. The minimum atomic E-state index is -0.893. The lowest BCUT2D eigenvalue weighted by atomic mass is 9.97. The zero-order chi connectivity index (χ0) is 20.8. The topological polar surface area (TPSA) is 94.3 Å². The number of aromatic nitrogens is 3. The van der Waals surface area contributed by atoms with Crippen molar-refractivity contribution >= 4 is 23.5 Å². The molecule has 30 heavy (non-hydrogen) atoms. The molecule has 2 aromatic heterocycles. The fourth-order valence-electron chi connectivity index (χ4n) is 4.88. The number of hydrogen-bond donors (Lipinski definition) is 1. The van der Waals surface area contributed by atoms with Crippen LogP contribution in [0.15, 0.2) is 12.4 Å². The molecule has 3 aliphatic rings. The van der Waals surface area contributed by atoms with Gasteiger partial charge in [0.15, 0.2) is 5.65 Å². The number of nitrogens with zero attached hydrogens (tertiary/aromatic N) is 6. The Kier molecular flexibility index (Phi) is 4.50. The molecule has 1 N–H and O–H groups in total. The van der Waals surface area contributed by atoms with Crippen LogP contribution in [0, 0.1) is 24.2 Å². The molecule has 5 rings (SSSR count). The molecule has 0 radical (unpaired) electrons. The Morgan fingerprint density at radius 3 is 2.53 bits per heavy atom. The van der Waals surface area contributed by atoms with Crippen LogP contribution >= 0.6 is 0 Å². The van der Waals surface area contributed by atoms with E-state index in [2.05, 4.69) is 20.9 Å². The van der Waals surface area contributed by atoms with Gasteiger partial charge in [0.05, 0.1) is 12.1 Å². The van der Waals surface area contributed by atoms with E-state index in [4.69, 9.17) is 6.42 Å². The summed E-state index contributed by atoms with van der Waals surface area (Å²) < 4.78 is 1.85. The molecule has 3 aliphatic heterocycles. The Labute approximate surface area is 174 Å². The van der Waals surface area contributed by atoms with Gasteiger partial charge < -0.3 is 19.8 Å². The monoisotopic (exact) mass is 408 g/mol. The molecular weight excluding hydrogens is 384 g/mol. The van der Waals surface area contributed by atoms with Crippen molar-refractivity contribution in [3.05, 3.63) is 23.5 Å². The zero-order valence-electron chi connectivity index (χ0n) is 16.7. The molecule has 2 saturated heterocycles. The van der Waals surface area contributed by atoms with E-state index in [1.54, 1.807) is 12.4 Å². The summed E-state index contributed by atoms with van der Waals surface area (Å²) in [5.74, 6) is 4.02. The van der Waals surface area contributed by atoms with Crippen LogP contribution in [0.1, 0.15) is 17.5 Å². The first-order chi connectivity index (χ1) is 14.6. The van der Waals surface area contributed by atoms with E-state index in [0.29, 0.717) is 45.6 Å². The van der Waals surface area contributed by atoms with Gasteiger partial charge in [-0.1, -0.05) is 0 Å². The number of hydrogen-bond acceptors (Lipinski definition) is 5. The summed E-state index contributed by atoms with van der Waals surface area (Å²) in [6, 6.07) is 0. The smallest absolute Gasteiger partial charge is 0.407 e. The fourth-order valence-corrected chi connectivity index (χ4v) is 4.88. The normalized spacial score (nSPS) is 21.8. The first kappa shape index (κ1) is 18.7. The summed E-state index contributed by atoms with van der Waals surface area (Å²) in [5, 5.41) is 13.9. The van der Waals surface area contributed by atoms with Crippen molar-refractivity contribution in [1.29, 1.82) is 0 Å². The van der Waals surface area contributed by atoms with Gasteiger partial charge in [0.1, 0.15) is 5.82 Å². The number of carbonyl (C=O) groups excluding carboxylic acids is 1. The molecule has 2 fully saturated rings. The molecule has 1 atom stereocenters. The molecule has 0 saturated carbocycles. The van der Waals surface area contributed by atoms with Gasteiger partial charge in [-0.05, 0) is 19.3 Å². The highest BCUT2D eigenvalue weighted by Gasteiger charge is 2.40. The van der Waals surface area contributed by atoms with Gasteiger partial charge in [-0.15, -0.1) is 12.3 Å². The molecule has 2 amide bonds. The Balaban J connectivity index is 1.38. The van der Waals surface area contributed by atoms with Crippen molar-refractivity contribution in [1.82, 2.24) is 24.4 Å². The van der Waals surface area contributed by atoms with Crippen LogP contribution in [-0.2, 0) is 17.6 Å². The maximum atomic E-state index is 12.9. The quantitative estimate of drug-likeness (QED) is 0.736. The number of amides is 2. The van der Waals surface area contributed by atoms with Gasteiger partial charge in [0, 0.05) is 62.5 Å². The first-order valence-electron chi connectivity index (χ1n) is 10.4. The van der Waals surface area contributed by atoms with E-state index in [9.17, 15) is 14.7 Å². The molecule has 5 heterocycles. The zero-order valence-corrected chi connectivity index (χ0v) is 16.7. The van der Waals surface area contributed by atoms with E-state index < -0.39 is 6.09 Å². The Hall–Kier alpha value is -3.28. The second-order valence-electron chi connectivity index (χ2n) is 8.27. The van der Waals surface area contributed by atoms with Crippen LogP contribution < -0.4 is 4.90 Å². The maximum absolute atomic E-state index is 12.9. The number of fused-ring (bicyclic) bond motifs is 3. The summed E-state index contributed by atoms with van der Waals surface area (Å²) in [5.41, 5.74) is 2.94. The van der Waals surface area contributed by atoms with Gasteiger partial charge >= 0.3 is 6.09 Å². The van der Waals surface area contributed by atoms with Gasteiger partial charge in [0.2, 0.25) is 5.91 Å². The number of carboxylic acid groups (broad SMARTS) is 1. The molecule has 9 heteroatoms. The number of rotatable bonds is 2. The van der Waals surface area contributed by atoms with E-state index >= 15 is 0 Å². The maximum Gasteiger partial charge on any atom is 0.407 e. The highest BCUT2D eigenvalue weighted by Crippen LogP contribution is 2.36. The largest absolute Gasteiger partial charge is 0.465 e. The van der Waals surface area contributed by atoms with Gasteiger partial charge in [-0.25, -0.2) is 9.78 Å². The summed E-state index contributed by atoms with van der Waals surface area (Å²) >= 11 is 0. The van der Waals surface area contributed by atoms with Crippen LogP contribution in [0.2, 0.25) is 0 Å². The van der Waals surface area contributed by atoms with Crippen molar-refractivity contribution in [2.45, 2.75) is 19.3 Å². The SMILES string of the molecule is C#CC1CCN(C(=O)C2CN(c3c4c(c5nccnn35)CCN(C(=O)O)CC4)C2)C1. The van der Waals surface area contributed by atoms with Gasteiger partial charge in [0.25, 0.3) is 0 Å². The summed E-state index contributed by atoms with van der Waals surface area (Å²) in [7, 11) is 0. The number of anilines is 1. The average molecular weight is 408 g/mol. The lowest BCUT2D eigenvalue weighted by molar-refractivity contribution is -0.135. The van der Waals surface area contributed by atoms with E-state index in [1.807, 2.05) is 9.42 Å². The second-order valence-corrected chi connectivity index (χ2v) is 8.27. The van der Waals surface area contributed by atoms with E-state index in [-0.39, 0.29) is 17.7 Å². The van der Waals surface area contributed by atoms with Crippen LogP contribution in [0.3, 0.4) is 0 Å². The number of terminal acetylenes is 1. The lowest BCUT2D eigenvalue weighted by Crippen LogP contribution is -2.55. The standard InChI is InChI=1S/C21H24N6O3/c1-2-14-3-8-25(11-14)20(28)15-12-26(13-15)19-17-5-10-24(21(29)30)9-4-16(17)18-22-6-7-23-27(18)19/h1,6-7,14-15H,3-5,8-13H2,(H,29,30). The van der Waals surface area contributed by atoms with Crippen molar-refractivity contribution in [2.75, 3.05) is 44.2 Å². The molecule has 0 aromatic carbocycles. The van der Waals surface area contributed by atoms with Crippen molar-refractivity contribution in [2.24, 2.45) is 11.8 Å². The van der Waals surface area contributed by atoms with Crippen molar-refractivity contribution in [3.8, 4) is 12.3 Å². The number of carbonyl (C=O) groups is 2. The summed E-state index contributed by atoms with van der Waals surface area (Å²) in [6.07, 6.45) is 10.1. The number of likely N-dealkylation sites (tertiary alicyclic amines) is 1. The average Bonchev–Trinajstić information content (AvgIpc) is 3.23. The van der Waals surface area contributed by atoms with Crippen LogP contribution in [0.5, 0.6) is 0 Å². The minimum absolute atomic E-state index is 0.0410. The molecule has 0 bridgehead atoms. The fraction of sp³-hybridized carbons (Fsp3) is 0.524. The van der Waals surface area contributed by atoms with Crippen molar-refractivity contribution in [3.63, 3.8) is 0 Å². The molecular formula is C21H24N6O3. The molecule has 0 spiro atoms. The third kappa shape index (κ3) is 2.95. The molecule has 1 unspecified atom stereocenters. The third-order valence-corrected chi connectivity index (χ3v) is 6.55. The van der Waals surface area contributed by atoms with Crippen LogP contribution in [0.4, 0.5) is 10.6 Å². The van der Waals surface area contributed by atoms with Crippen LogP contribution in [-0.4, -0.2) is 80.8 Å². The highest BCUT2D eigenvalue weighted by atomic mass is 16.4. The summed E-state index contributed by atoms with van der Waals surface area (Å²) in [6.45, 7) is 3.56. The van der Waals surface area contributed by atoms with Crippen molar-refractivity contribution < 1.29 is 14.7 Å². The Morgan fingerprint density at radius 2 is 1.83 bits per heavy atom. The Morgan fingerprint density at radius 1 is 1.07 bits per heavy atom. The predicted molar refractivity (Wildman–Crippen MR) is 109 cm³/mol. The lowest BCUT2D eigenvalue weighted by Gasteiger charge is -2.41. The van der Waals surface area contributed by atoms with Gasteiger partial charge in [-0.2, -0.15) is 9.61 Å². The molecule has 156 valence electrons. The minimum Gasteiger partial charge on any atom is -0.465 e. The first-order valence-corrected chi connectivity index (χ1v) is 10.4. The van der Waals surface area contributed by atoms with E-state index in [0.717, 1.165) is 35.6 Å². The molecule has 2 aromatic rings. The van der Waals surface area contributed by atoms with Crippen LogP contribution in [0.25, 0.3) is 5.65 Å². The Bertz CT molecular complexity index is 1050. The highest BCUT2D eigenvalue weighted by molar-refractivity contribution is 5.83. The predicted octanol–water partition coefficient (Wildman–Crippen LogP) is 0.726. The second kappa shape index (κ2) is 7.20.